The number of carbonyl (C=O) groups excluding carboxylic acids is 1. The fourth-order valence-corrected chi connectivity index (χ4v) is 3.30. The van der Waals surface area contributed by atoms with Crippen molar-refractivity contribution < 1.29 is 4.79 Å². The van der Waals surface area contributed by atoms with Gasteiger partial charge in [0.1, 0.15) is 11.9 Å². The predicted molar refractivity (Wildman–Crippen MR) is 113 cm³/mol. The highest BCUT2D eigenvalue weighted by molar-refractivity contribution is 5.83. The summed E-state index contributed by atoms with van der Waals surface area (Å²) in [5, 5.41) is 3.07. The van der Waals surface area contributed by atoms with Gasteiger partial charge in [0.15, 0.2) is 0 Å². The first kappa shape index (κ1) is 19.8. The number of nitrogens with one attached hydrogen (secondary N) is 2. The molecule has 0 aliphatic rings. The predicted octanol–water partition coefficient (Wildman–Crippen LogP) is 3.82. The maximum absolute atomic E-state index is 12.6. The van der Waals surface area contributed by atoms with Gasteiger partial charge in [-0.15, -0.1) is 0 Å². The van der Waals surface area contributed by atoms with Gasteiger partial charge in [-0.25, -0.2) is 4.98 Å². The number of rotatable bonds is 9. The van der Waals surface area contributed by atoms with E-state index in [9.17, 15) is 4.79 Å². The van der Waals surface area contributed by atoms with Gasteiger partial charge in [0.05, 0.1) is 11.9 Å². The Kier molecular flexibility index (Phi) is 6.98. The van der Waals surface area contributed by atoms with Crippen LogP contribution in [-0.4, -0.2) is 41.4 Å². The number of H-pyrrole nitrogens is 1. The van der Waals surface area contributed by atoms with Gasteiger partial charge in [-0.2, -0.15) is 0 Å². The molecular formula is C23H28N4O. The van der Waals surface area contributed by atoms with E-state index in [2.05, 4.69) is 27.4 Å². The number of aryl methyl sites for hydroxylation is 1. The lowest BCUT2D eigenvalue weighted by atomic mass is 10.1. The minimum atomic E-state index is -0.264. The van der Waals surface area contributed by atoms with E-state index < -0.39 is 0 Å². The van der Waals surface area contributed by atoms with Crippen LogP contribution in [0.5, 0.6) is 0 Å². The third-order valence-corrected chi connectivity index (χ3v) is 4.73. The molecule has 28 heavy (non-hydrogen) atoms. The Hall–Kier alpha value is -2.92. The Morgan fingerprint density at radius 2 is 1.71 bits per heavy atom. The van der Waals surface area contributed by atoms with Gasteiger partial charge in [-0.05, 0) is 38.1 Å². The lowest BCUT2D eigenvalue weighted by Crippen LogP contribution is -2.37. The first-order valence-corrected chi connectivity index (χ1v) is 9.73. The molecule has 2 N–H and O–H groups in total. The number of nitrogens with zero attached hydrogens (tertiary/aromatic N) is 2. The highest BCUT2D eigenvalue weighted by atomic mass is 16.2. The summed E-state index contributed by atoms with van der Waals surface area (Å²) in [4.78, 5) is 22.4. The summed E-state index contributed by atoms with van der Waals surface area (Å²) in [6.45, 7) is 0.669. The minimum absolute atomic E-state index is 0.0422. The van der Waals surface area contributed by atoms with Crippen molar-refractivity contribution in [3.63, 3.8) is 0 Å². The summed E-state index contributed by atoms with van der Waals surface area (Å²) in [6.07, 6.45) is 4.65. The maximum atomic E-state index is 12.6. The number of amides is 1. The van der Waals surface area contributed by atoms with Crippen LogP contribution in [0, 0.1) is 0 Å². The maximum Gasteiger partial charge on any atom is 0.241 e. The molecule has 0 fully saturated rings. The molecule has 0 aliphatic heterocycles. The zero-order chi connectivity index (χ0) is 19.8. The Balaban J connectivity index is 1.43. The van der Waals surface area contributed by atoms with Crippen LogP contribution in [0.15, 0.2) is 66.9 Å². The lowest BCUT2D eigenvalue weighted by molar-refractivity contribution is -0.125. The first-order chi connectivity index (χ1) is 13.6. The number of hydrogen-bond acceptors (Lipinski definition) is 3. The molecule has 0 saturated carbocycles. The normalized spacial score (nSPS) is 12.1. The van der Waals surface area contributed by atoms with E-state index in [-0.39, 0.29) is 11.9 Å². The van der Waals surface area contributed by atoms with Crippen molar-refractivity contribution >= 4 is 5.91 Å². The number of carbonyl (C=O) groups is 1. The summed E-state index contributed by atoms with van der Waals surface area (Å²) in [5.41, 5.74) is 3.19. The molecule has 5 nitrogen and oxygen atoms in total. The molecule has 1 unspecified atom stereocenters. The quantitative estimate of drug-likeness (QED) is 0.558. The van der Waals surface area contributed by atoms with Crippen molar-refractivity contribution in [3.8, 4) is 11.3 Å². The average molecular weight is 377 g/mol. The molecule has 3 rings (SSSR count). The van der Waals surface area contributed by atoms with Crippen LogP contribution in [0.4, 0.5) is 0 Å². The SMILES string of the molecule is CN(C)C(C(=O)NCCCCc1ncc(-c2ccccc2)[nH]1)c1ccccc1. The van der Waals surface area contributed by atoms with Crippen LogP contribution in [0.1, 0.15) is 30.3 Å². The molecule has 146 valence electrons. The topological polar surface area (TPSA) is 61.0 Å². The van der Waals surface area contributed by atoms with Gasteiger partial charge in [-0.1, -0.05) is 60.7 Å². The molecule has 1 heterocycles. The number of hydrogen-bond donors (Lipinski definition) is 2. The lowest BCUT2D eigenvalue weighted by Gasteiger charge is -2.23. The number of imidazole rings is 1. The molecule has 2 aromatic carbocycles. The summed E-state index contributed by atoms with van der Waals surface area (Å²) < 4.78 is 0. The van der Waals surface area contributed by atoms with Crippen LogP contribution in [-0.2, 0) is 11.2 Å². The largest absolute Gasteiger partial charge is 0.354 e. The molecule has 1 atom stereocenters. The molecule has 1 aromatic heterocycles. The first-order valence-electron chi connectivity index (χ1n) is 9.73. The van der Waals surface area contributed by atoms with E-state index in [4.69, 9.17) is 0 Å². The van der Waals surface area contributed by atoms with E-state index in [1.807, 2.05) is 73.7 Å². The van der Waals surface area contributed by atoms with Gasteiger partial charge >= 0.3 is 0 Å². The van der Waals surface area contributed by atoms with Crippen LogP contribution >= 0.6 is 0 Å². The third kappa shape index (κ3) is 5.30. The van der Waals surface area contributed by atoms with Gasteiger partial charge < -0.3 is 10.3 Å². The zero-order valence-corrected chi connectivity index (χ0v) is 16.6. The fraction of sp³-hybridized carbons (Fsp3) is 0.304. The molecule has 3 aromatic rings. The molecule has 0 spiro atoms. The summed E-state index contributed by atoms with van der Waals surface area (Å²) in [5.74, 6) is 1.03. The number of aromatic nitrogens is 2. The van der Waals surface area contributed by atoms with Gasteiger partial charge in [0, 0.05) is 13.0 Å². The smallest absolute Gasteiger partial charge is 0.241 e. The Bertz CT molecular complexity index is 859. The molecule has 0 bridgehead atoms. The fourth-order valence-electron chi connectivity index (χ4n) is 3.30. The Labute approximate surface area is 166 Å². The monoisotopic (exact) mass is 376 g/mol. The zero-order valence-electron chi connectivity index (χ0n) is 16.6. The second-order valence-electron chi connectivity index (χ2n) is 7.13. The van der Waals surface area contributed by atoms with Crippen molar-refractivity contribution in [3.05, 3.63) is 78.2 Å². The molecule has 5 heteroatoms. The molecular weight excluding hydrogens is 348 g/mol. The number of unbranched alkanes of at least 4 members (excludes halogenated alkanes) is 1. The summed E-state index contributed by atoms with van der Waals surface area (Å²) >= 11 is 0. The van der Waals surface area contributed by atoms with E-state index >= 15 is 0 Å². The van der Waals surface area contributed by atoms with E-state index in [0.717, 1.165) is 41.9 Å². The minimum Gasteiger partial charge on any atom is -0.354 e. The Morgan fingerprint density at radius 1 is 1.04 bits per heavy atom. The van der Waals surface area contributed by atoms with Crippen molar-refractivity contribution in [2.24, 2.45) is 0 Å². The van der Waals surface area contributed by atoms with Crippen molar-refractivity contribution in [1.82, 2.24) is 20.2 Å². The van der Waals surface area contributed by atoms with Crippen molar-refractivity contribution in [1.29, 1.82) is 0 Å². The number of aromatic amines is 1. The Morgan fingerprint density at radius 3 is 2.39 bits per heavy atom. The number of benzene rings is 2. The molecule has 0 aliphatic carbocycles. The second kappa shape index (κ2) is 9.85. The van der Waals surface area contributed by atoms with Crippen LogP contribution in [0.3, 0.4) is 0 Å². The van der Waals surface area contributed by atoms with Crippen molar-refractivity contribution in [2.45, 2.75) is 25.3 Å². The van der Waals surface area contributed by atoms with Crippen LogP contribution < -0.4 is 5.32 Å². The van der Waals surface area contributed by atoms with E-state index in [1.54, 1.807) is 0 Å². The molecule has 0 radical (unpaired) electrons. The second-order valence-corrected chi connectivity index (χ2v) is 7.13. The van der Waals surface area contributed by atoms with Crippen LogP contribution in [0.2, 0.25) is 0 Å². The van der Waals surface area contributed by atoms with E-state index in [0.29, 0.717) is 6.54 Å². The average Bonchev–Trinajstić information content (AvgIpc) is 3.18. The van der Waals surface area contributed by atoms with Gasteiger partial charge in [-0.3, -0.25) is 9.69 Å². The van der Waals surface area contributed by atoms with Crippen LogP contribution in [0.25, 0.3) is 11.3 Å². The third-order valence-electron chi connectivity index (χ3n) is 4.73. The molecule has 0 saturated heterocycles. The summed E-state index contributed by atoms with van der Waals surface area (Å²) in [7, 11) is 3.86. The number of likely N-dealkylation sites (N-methyl/N-ethyl adjacent to an activating group) is 1. The highest BCUT2D eigenvalue weighted by Gasteiger charge is 2.21. The summed E-state index contributed by atoms with van der Waals surface area (Å²) in [6, 6.07) is 19.8. The highest BCUT2D eigenvalue weighted by Crippen LogP contribution is 2.18. The van der Waals surface area contributed by atoms with Gasteiger partial charge in [0.2, 0.25) is 5.91 Å². The molecule has 1 amide bonds. The van der Waals surface area contributed by atoms with E-state index in [1.165, 1.54) is 0 Å². The van der Waals surface area contributed by atoms with Gasteiger partial charge in [0.25, 0.3) is 0 Å². The van der Waals surface area contributed by atoms with Crippen molar-refractivity contribution in [2.75, 3.05) is 20.6 Å². The standard InChI is InChI=1S/C23H28N4O/c1-27(2)22(19-13-7-4-8-14-19)23(28)24-16-10-9-15-21-25-17-20(26-21)18-11-5-3-6-12-18/h3-8,11-14,17,22H,9-10,15-16H2,1-2H3,(H,24,28)(H,25,26).